The fourth-order valence-corrected chi connectivity index (χ4v) is 5.52. The molecular formula is C32H20O. The van der Waals surface area contributed by atoms with Gasteiger partial charge in [-0.3, -0.25) is 0 Å². The van der Waals surface area contributed by atoms with E-state index in [0.717, 1.165) is 38.1 Å². The predicted octanol–water partition coefficient (Wildman–Crippen LogP) is 8.83. The van der Waals surface area contributed by atoms with Gasteiger partial charge in [0.15, 0.2) is 0 Å². The van der Waals surface area contributed by atoms with Gasteiger partial charge in [0.05, 0.1) is 0 Å². The fraction of sp³-hybridized carbons (Fsp3) is 0. The van der Waals surface area contributed by atoms with Crippen molar-refractivity contribution in [2.75, 3.05) is 0 Å². The molecule has 7 aromatic rings. The average Bonchev–Trinajstić information content (AvgIpc) is 2.87. The molecule has 1 nitrogen and oxygen atoms in total. The maximum atomic E-state index is 11.4. The number of hydrogen-bond acceptors (Lipinski definition) is 1. The van der Waals surface area contributed by atoms with Crippen LogP contribution in [0.15, 0.2) is 115 Å². The number of rotatable bonds is 1. The minimum atomic E-state index is 0.310. The molecule has 0 radical (unpaired) electrons. The molecule has 1 N–H and O–H groups in total. The second-order valence-corrected chi connectivity index (χ2v) is 8.67. The van der Waals surface area contributed by atoms with Crippen LogP contribution in [0.5, 0.6) is 5.75 Å². The molecule has 7 aromatic carbocycles. The molecule has 0 saturated carbocycles. The molecule has 154 valence electrons. The van der Waals surface area contributed by atoms with Gasteiger partial charge in [-0.1, -0.05) is 103 Å². The van der Waals surface area contributed by atoms with Crippen molar-refractivity contribution in [1.29, 1.82) is 0 Å². The molecule has 7 rings (SSSR count). The fourth-order valence-electron chi connectivity index (χ4n) is 5.52. The quantitative estimate of drug-likeness (QED) is 0.208. The molecule has 0 amide bonds. The second kappa shape index (κ2) is 6.82. The van der Waals surface area contributed by atoms with Crippen LogP contribution in [0.3, 0.4) is 0 Å². The lowest BCUT2D eigenvalue weighted by Gasteiger charge is -2.18. The molecule has 0 atom stereocenters. The van der Waals surface area contributed by atoms with Crippen LogP contribution in [0.25, 0.3) is 65.0 Å². The van der Waals surface area contributed by atoms with Crippen LogP contribution >= 0.6 is 0 Å². The molecule has 0 heterocycles. The summed E-state index contributed by atoms with van der Waals surface area (Å²) in [6.45, 7) is 0. The van der Waals surface area contributed by atoms with E-state index in [0.29, 0.717) is 5.75 Å². The summed E-state index contributed by atoms with van der Waals surface area (Å²) in [5.74, 6) is 0.310. The largest absolute Gasteiger partial charge is 0.507 e. The first-order valence-electron chi connectivity index (χ1n) is 11.3. The van der Waals surface area contributed by atoms with Crippen molar-refractivity contribution in [2.24, 2.45) is 0 Å². The van der Waals surface area contributed by atoms with Crippen molar-refractivity contribution in [2.45, 2.75) is 0 Å². The maximum absolute atomic E-state index is 11.4. The van der Waals surface area contributed by atoms with E-state index in [4.69, 9.17) is 0 Å². The molecule has 0 aliphatic heterocycles. The van der Waals surface area contributed by atoms with Crippen LogP contribution in [0, 0.1) is 0 Å². The summed E-state index contributed by atoms with van der Waals surface area (Å²) in [6.07, 6.45) is 0. The van der Waals surface area contributed by atoms with E-state index in [1.54, 1.807) is 0 Å². The Morgan fingerprint density at radius 2 is 0.788 bits per heavy atom. The zero-order valence-electron chi connectivity index (χ0n) is 17.9. The van der Waals surface area contributed by atoms with E-state index in [1.807, 2.05) is 6.07 Å². The molecule has 33 heavy (non-hydrogen) atoms. The molecular weight excluding hydrogens is 400 g/mol. The van der Waals surface area contributed by atoms with Gasteiger partial charge >= 0.3 is 0 Å². The molecule has 0 spiro atoms. The highest BCUT2D eigenvalue weighted by Gasteiger charge is 2.19. The van der Waals surface area contributed by atoms with E-state index in [9.17, 15) is 5.11 Å². The number of phenolic OH excluding ortho intramolecular Hbond substituents is 1. The monoisotopic (exact) mass is 420 g/mol. The molecule has 0 saturated heterocycles. The van der Waals surface area contributed by atoms with Crippen molar-refractivity contribution >= 4 is 53.9 Å². The zero-order valence-corrected chi connectivity index (χ0v) is 17.9. The van der Waals surface area contributed by atoms with Crippen molar-refractivity contribution in [1.82, 2.24) is 0 Å². The standard InChI is InChI=1S/C32H20O/c33-29-18-17-28-26-15-6-5-13-24(26)25-14-7-8-16-27(25)31(28)32(29)30-22-11-3-1-9-20(22)19-21-10-2-4-12-23(21)30/h1-19,33H. The van der Waals surface area contributed by atoms with Gasteiger partial charge in [-0.05, 0) is 60.6 Å². The van der Waals surface area contributed by atoms with Gasteiger partial charge in [-0.25, -0.2) is 0 Å². The van der Waals surface area contributed by atoms with Crippen molar-refractivity contribution in [3.63, 3.8) is 0 Å². The van der Waals surface area contributed by atoms with E-state index in [1.165, 1.54) is 26.9 Å². The summed E-state index contributed by atoms with van der Waals surface area (Å²) in [5, 5.41) is 23.1. The summed E-state index contributed by atoms with van der Waals surface area (Å²) in [5.41, 5.74) is 2.00. The van der Waals surface area contributed by atoms with Crippen LogP contribution in [-0.4, -0.2) is 5.11 Å². The molecule has 0 aromatic heterocycles. The van der Waals surface area contributed by atoms with Crippen LogP contribution in [-0.2, 0) is 0 Å². The molecule has 0 fully saturated rings. The Morgan fingerprint density at radius 3 is 1.36 bits per heavy atom. The highest BCUT2D eigenvalue weighted by Crippen LogP contribution is 2.47. The van der Waals surface area contributed by atoms with Crippen LogP contribution in [0.1, 0.15) is 0 Å². The van der Waals surface area contributed by atoms with Crippen molar-refractivity contribution in [3.8, 4) is 16.9 Å². The van der Waals surface area contributed by atoms with Crippen LogP contribution in [0.4, 0.5) is 0 Å². The third-order valence-electron chi connectivity index (χ3n) is 6.91. The Labute approximate surface area is 191 Å². The minimum Gasteiger partial charge on any atom is -0.507 e. The lowest BCUT2D eigenvalue weighted by atomic mass is 9.85. The topological polar surface area (TPSA) is 20.2 Å². The molecule has 0 unspecified atom stereocenters. The van der Waals surface area contributed by atoms with Gasteiger partial charge in [-0.15, -0.1) is 0 Å². The van der Waals surface area contributed by atoms with Gasteiger partial charge in [0.25, 0.3) is 0 Å². The predicted molar refractivity (Wildman–Crippen MR) is 141 cm³/mol. The Balaban J connectivity index is 1.82. The van der Waals surface area contributed by atoms with Gasteiger partial charge in [0.2, 0.25) is 0 Å². The minimum absolute atomic E-state index is 0.310. The summed E-state index contributed by atoms with van der Waals surface area (Å²) in [6, 6.07) is 40.2. The summed E-state index contributed by atoms with van der Waals surface area (Å²) >= 11 is 0. The summed E-state index contributed by atoms with van der Waals surface area (Å²) in [4.78, 5) is 0. The highest BCUT2D eigenvalue weighted by molar-refractivity contribution is 6.31. The van der Waals surface area contributed by atoms with Crippen LogP contribution < -0.4 is 0 Å². The van der Waals surface area contributed by atoms with Gasteiger partial charge in [-0.2, -0.15) is 0 Å². The Kier molecular flexibility index (Phi) is 3.77. The Bertz CT molecular complexity index is 1790. The average molecular weight is 421 g/mol. The van der Waals surface area contributed by atoms with Gasteiger partial charge in [0, 0.05) is 16.5 Å². The first kappa shape index (κ1) is 18.2. The second-order valence-electron chi connectivity index (χ2n) is 8.67. The molecule has 0 aliphatic carbocycles. The number of hydrogen-bond donors (Lipinski definition) is 1. The molecule has 0 bridgehead atoms. The Hall–Kier alpha value is -4.36. The van der Waals surface area contributed by atoms with E-state index < -0.39 is 0 Å². The SMILES string of the molecule is Oc1ccc2c3ccccc3c3ccccc3c2c1-c1c2ccccc2cc2ccccc12. The van der Waals surface area contributed by atoms with Crippen molar-refractivity contribution in [3.05, 3.63) is 115 Å². The first-order chi connectivity index (χ1) is 16.3. The number of benzene rings is 7. The van der Waals surface area contributed by atoms with E-state index in [2.05, 4.69) is 109 Å². The maximum Gasteiger partial charge on any atom is 0.124 e. The lowest BCUT2D eigenvalue weighted by molar-refractivity contribution is 0.478. The normalized spacial score (nSPS) is 11.8. The van der Waals surface area contributed by atoms with Crippen molar-refractivity contribution < 1.29 is 5.11 Å². The van der Waals surface area contributed by atoms with E-state index >= 15 is 0 Å². The van der Waals surface area contributed by atoms with Gasteiger partial charge < -0.3 is 5.11 Å². The molecule has 0 aliphatic rings. The third-order valence-corrected chi connectivity index (χ3v) is 6.91. The third kappa shape index (κ3) is 2.54. The summed E-state index contributed by atoms with van der Waals surface area (Å²) in [7, 11) is 0. The Morgan fingerprint density at radius 1 is 0.364 bits per heavy atom. The van der Waals surface area contributed by atoms with Gasteiger partial charge in [0.1, 0.15) is 5.75 Å². The van der Waals surface area contributed by atoms with Crippen LogP contribution in [0.2, 0.25) is 0 Å². The lowest BCUT2D eigenvalue weighted by Crippen LogP contribution is -1.91. The van der Waals surface area contributed by atoms with E-state index in [-0.39, 0.29) is 0 Å². The zero-order chi connectivity index (χ0) is 21.9. The first-order valence-corrected chi connectivity index (χ1v) is 11.3. The number of phenols is 1. The highest BCUT2D eigenvalue weighted by atomic mass is 16.3. The smallest absolute Gasteiger partial charge is 0.124 e. The molecule has 1 heteroatoms. The number of fused-ring (bicyclic) bond motifs is 8. The number of aromatic hydroxyl groups is 1. The summed E-state index contributed by atoms with van der Waals surface area (Å²) < 4.78 is 0.